The highest BCUT2D eigenvalue weighted by molar-refractivity contribution is 5.79. The highest BCUT2D eigenvalue weighted by atomic mass is 16.6. The van der Waals surface area contributed by atoms with E-state index in [4.69, 9.17) is 4.74 Å². The fourth-order valence-electron chi connectivity index (χ4n) is 1.18. The second-order valence-electron chi connectivity index (χ2n) is 3.53. The van der Waals surface area contributed by atoms with Crippen LogP contribution in [0.5, 0.6) is 0 Å². The monoisotopic (exact) mass is 214 g/mol. The topological polar surface area (TPSA) is 46.6 Å². The van der Waals surface area contributed by atoms with Gasteiger partial charge in [-0.05, 0) is 6.42 Å². The Hall–Kier alpha value is -1.06. The smallest absolute Gasteiger partial charge is 0.416 e. The third-order valence-electron chi connectivity index (χ3n) is 2.13. The largest absolute Gasteiger partial charge is 0.449 e. The number of rotatable bonds is 8. The van der Waals surface area contributed by atoms with E-state index in [9.17, 15) is 9.59 Å². The number of ether oxygens (including phenoxy) is 1. The Labute approximate surface area is 91.6 Å². The summed E-state index contributed by atoms with van der Waals surface area (Å²) >= 11 is 0. The van der Waals surface area contributed by atoms with Crippen LogP contribution in [0.25, 0.3) is 0 Å². The summed E-state index contributed by atoms with van der Waals surface area (Å²) in [5.74, 6) is 0. The number of unbranched alkanes of at least 4 members (excludes halogenated alkanes) is 5. The molecule has 0 aliphatic carbocycles. The SMILES string of the molecule is CCCCCCCCOC(=O)N(C)[C]=O. The minimum absolute atomic E-state index is 0.386. The molecule has 4 nitrogen and oxygen atoms in total. The molecule has 2 amide bonds. The molecule has 0 aromatic carbocycles. The lowest BCUT2D eigenvalue weighted by molar-refractivity contribution is 0.125. The standard InChI is InChI=1S/C11H20NO3/c1-3-4-5-6-7-8-9-15-11(14)12(2)10-13/h3-9H2,1-2H3. The van der Waals surface area contributed by atoms with Gasteiger partial charge in [0.05, 0.1) is 6.61 Å². The van der Waals surface area contributed by atoms with Crippen molar-refractivity contribution in [3.8, 4) is 0 Å². The lowest BCUT2D eigenvalue weighted by Gasteiger charge is -2.08. The van der Waals surface area contributed by atoms with Crippen LogP contribution in [0.2, 0.25) is 0 Å². The molecule has 0 rings (SSSR count). The zero-order chi connectivity index (χ0) is 11.5. The van der Waals surface area contributed by atoms with Crippen LogP contribution in [0.1, 0.15) is 45.4 Å². The van der Waals surface area contributed by atoms with E-state index in [1.807, 2.05) is 0 Å². The summed E-state index contributed by atoms with van der Waals surface area (Å²) in [6, 6.07) is 0. The maximum Gasteiger partial charge on any atom is 0.416 e. The van der Waals surface area contributed by atoms with Gasteiger partial charge >= 0.3 is 12.5 Å². The molecule has 87 valence electrons. The van der Waals surface area contributed by atoms with Gasteiger partial charge < -0.3 is 4.74 Å². The molecule has 0 aromatic rings. The molecule has 15 heavy (non-hydrogen) atoms. The van der Waals surface area contributed by atoms with Gasteiger partial charge in [0.15, 0.2) is 0 Å². The van der Waals surface area contributed by atoms with E-state index >= 15 is 0 Å². The van der Waals surface area contributed by atoms with Gasteiger partial charge in [-0.25, -0.2) is 9.69 Å². The first-order valence-electron chi connectivity index (χ1n) is 5.50. The molecule has 0 heterocycles. The van der Waals surface area contributed by atoms with Gasteiger partial charge in [-0.2, -0.15) is 0 Å². The van der Waals surface area contributed by atoms with Gasteiger partial charge in [-0.1, -0.05) is 39.0 Å². The summed E-state index contributed by atoms with van der Waals surface area (Å²) in [7, 11) is 1.33. The molecule has 0 spiro atoms. The summed E-state index contributed by atoms with van der Waals surface area (Å²) in [5, 5.41) is 0. The molecule has 0 N–H and O–H groups in total. The van der Waals surface area contributed by atoms with Crippen molar-refractivity contribution in [2.45, 2.75) is 45.4 Å². The second kappa shape index (κ2) is 9.49. The highest BCUT2D eigenvalue weighted by Gasteiger charge is 2.08. The van der Waals surface area contributed by atoms with E-state index in [0.717, 1.165) is 17.7 Å². The first-order valence-corrected chi connectivity index (χ1v) is 5.50. The predicted octanol–water partition coefficient (Wildman–Crippen LogP) is 2.48. The van der Waals surface area contributed by atoms with Crippen LogP contribution in [0, 0.1) is 0 Å². The van der Waals surface area contributed by atoms with E-state index in [1.54, 1.807) is 0 Å². The van der Waals surface area contributed by atoms with Crippen LogP contribution in [0.3, 0.4) is 0 Å². The molecule has 0 unspecified atom stereocenters. The number of hydrogen-bond donors (Lipinski definition) is 0. The maximum absolute atomic E-state index is 11.0. The lowest BCUT2D eigenvalue weighted by atomic mass is 10.1. The number of carbonyl (C=O) groups excluding carboxylic acids is 2. The molecule has 1 radical (unpaired) electrons. The molecule has 0 saturated heterocycles. The predicted molar refractivity (Wildman–Crippen MR) is 58.2 cm³/mol. The Morgan fingerprint density at radius 2 is 1.80 bits per heavy atom. The highest BCUT2D eigenvalue weighted by Crippen LogP contribution is 2.05. The summed E-state index contributed by atoms with van der Waals surface area (Å²) in [4.78, 5) is 21.8. The average molecular weight is 214 g/mol. The Morgan fingerprint density at radius 1 is 1.20 bits per heavy atom. The molecule has 0 atom stereocenters. The number of nitrogens with zero attached hydrogens (tertiary/aromatic N) is 1. The third kappa shape index (κ3) is 7.97. The minimum atomic E-state index is -0.626. The molecular formula is C11H20NO3. The van der Waals surface area contributed by atoms with Crippen molar-refractivity contribution in [2.24, 2.45) is 0 Å². The van der Waals surface area contributed by atoms with Crippen LogP contribution in [-0.4, -0.2) is 31.1 Å². The van der Waals surface area contributed by atoms with Gasteiger partial charge in [0.25, 0.3) is 0 Å². The van der Waals surface area contributed by atoms with Crippen molar-refractivity contribution >= 4 is 12.5 Å². The van der Waals surface area contributed by atoms with Crippen LogP contribution in [-0.2, 0) is 9.53 Å². The van der Waals surface area contributed by atoms with Crippen molar-refractivity contribution in [3.63, 3.8) is 0 Å². The number of amides is 2. The van der Waals surface area contributed by atoms with Crippen LogP contribution < -0.4 is 0 Å². The second-order valence-corrected chi connectivity index (χ2v) is 3.53. The van der Waals surface area contributed by atoms with E-state index in [2.05, 4.69) is 6.92 Å². The summed E-state index contributed by atoms with van der Waals surface area (Å²) in [6.07, 6.45) is 7.67. The molecule has 0 aliphatic heterocycles. The Kier molecular flexibility index (Phi) is 8.82. The van der Waals surface area contributed by atoms with E-state index in [0.29, 0.717) is 6.61 Å². The molecule has 0 fully saturated rings. The van der Waals surface area contributed by atoms with Crippen molar-refractivity contribution in [3.05, 3.63) is 0 Å². The fourth-order valence-corrected chi connectivity index (χ4v) is 1.18. The van der Waals surface area contributed by atoms with E-state index < -0.39 is 6.09 Å². The fraction of sp³-hybridized carbons (Fsp3) is 0.818. The van der Waals surface area contributed by atoms with Gasteiger partial charge in [0.2, 0.25) is 0 Å². The van der Waals surface area contributed by atoms with Gasteiger partial charge in [0.1, 0.15) is 0 Å². The summed E-state index contributed by atoms with van der Waals surface area (Å²) in [5.41, 5.74) is 0. The van der Waals surface area contributed by atoms with Crippen LogP contribution >= 0.6 is 0 Å². The van der Waals surface area contributed by atoms with Crippen LogP contribution in [0.15, 0.2) is 0 Å². The number of hydrogen-bond acceptors (Lipinski definition) is 3. The van der Waals surface area contributed by atoms with Crippen molar-refractivity contribution in [2.75, 3.05) is 13.7 Å². The van der Waals surface area contributed by atoms with Gasteiger partial charge in [0, 0.05) is 7.05 Å². The minimum Gasteiger partial charge on any atom is -0.449 e. The normalized spacial score (nSPS) is 9.73. The Bertz CT molecular complexity index is 183. The molecule has 0 bridgehead atoms. The first kappa shape index (κ1) is 13.9. The zero-order valence-electron chi connectivity index (χ0n) is 9.62. The van der Waals surface area contributed by atoms with E-state index in [-0.39, 0.29) is 0 Å². The Balaban J connectivity index is 3.23. The van der Waals surface area contributed by atoms with Crippen LogP contribution in [0.4, 0.5) is 4.79 Å². The van der Waals surface area contributed by atoms with Crippen molar-refractivity contribution in [1.29, 1.82) is 0 Å². The Morgan fingerprint density at radius 3 is 2.40 bits per heavy atom. The molecule has 0 aromatic heterocycles. The molecular weight excluding hydrogens is 194 g/mol. The van der Waals surface area contributed by atoms with Gasteiger partial charge in [-0.15, -0.1) is 0 Å². The summed E-state index contributed by atoms with van der Waals surface area (Å²) < 4.78 is 4.83. The molecule has 4 heteroatoms. The van der Waals surface area contributed by atoms with Crippen molar-refractivity contribution in [1.82, 2.24) is 4.90 Å². The molecule has 0 aliphatic rings. The van der Waals surface area contributed by atoms with Gasteiger partial charge in [-0.3, -0.25) is 4.79 Å². The average Bonchev–Trinajstić information content (AvgIpc) is 2.26. The number of carbonyl (C=O) groups is 1. The molecule has 0 saturated carbocycles. The zero-order valence-corrected chi connectivity index (χ0v) is 9.62. The number of imide groups is 1. The maximum atomic E-state index is 11.0. The quantitative estimate of drug-likeness (QED) is 0.460. The lowest BCUT2D eigenvalue weighted by Crippen LogP contribution is -2.25. The third-order valence-corrected chi connectivity index (χ3v) is 2.13. The van der Waals surface area contributed by atoms with E-state index in [1.165, 1.54) is 39.1 Å². The first-order chi connectivity index (χ1) is 7.22. The summed E-state index contributed by atoms with van der Waals surface area (Å²) in [6.45, 7) is 2.56. The van der Waals surface area contributed by atoms with Crippen molar-refractivity contribution < 1.29 is 14.3 Å².